The van der Waals surface area contributed by atoms with Crippen molar-refractivity contribution in [3.8, 4) is 0 Å². The van der Waals surface area contributed by atoms with E-state index in [4.69, 9.17) is 0 Å². The Morgan fingerprint density at radius 1 is 1.21 bits per heavy atom. The molecular formula is C14H19F4N. The van der Waals surface area contributed by atoms with Crippen LogP contribution >= 0.6 is 0 Å². The number of hydrogen-bond acceptors (Lipinski definition) is 1. The highest BCUT2D eigenvalue weighted by atomic mass is 19.4. The van der Waals surface area contributed by atoms with Crippen molar-refractivity contribution in [3.63, 3.8) is 0 Å². The Labute approximate surface area is 111 Å². The third-order valence-corrected chi connectivity index (χ3v) is 3.46. The summed E-state index contributed by atoms with van der Waals surface area (Å²) in [5.74, 6) is -0.797. The highest BCUT2D eigenvalue weighted by molar-refractivity contribution is 5.27. The highest BCUT2D eigenvalue weighted by Crippen LogP contribution is 2.31. The number of hydrogen-bond donors (Lipinski definition) is 1. The molecule has 2 atom stereocenters. The third kappa shape index (κ3) is 4.49. The van der Waals surface area contributed by atoms with E-state index in [1.165, 1.54) is 6.07 Å². The van der Waals surface area contributed by atoms with Gasteiger partial charge in [-0.1, -0.05) is 26.3 Å². The first-order valence-corrected chi connectivity index (χ1v) is 6.34. The van der Waals surface area contributed by atoms with Crippen LogP contribution in [0.4, 0.5) is 17.6 Å². The molecule has 19 heavy (non-hydrogen) atoms. The second-order valence-electron chi connectivity index (χ2n) is 4.87. The van der Waals surface area contributed by atoms with Gasteiger partial charge in [0, 0.05) is 12.6 Å². The normalized spacial score (nSPS) is 15.3. The van der Waals surface area contributed by atoms with Crippen LogP contribution in [0, 0.1) is 11.7 Å². The van der Waals surface area contributed by atoms with Crippen LogP contribution in [0.25, 0.3) is 0 Å². The number of halogens is 4. The molecule has 0 saturated carbocycles. The minimum atomic E-state index is -4.65. The van der Waals surface area contributed by atoms with Crippen molar-refractivity contribution in [3.05, 3.63) is 35.1 Å². The summed E-state index contributed by atoms with van der Waals surface area (Å²) in [5.41, 5.74) is -0.771. The lowest BCUT2D eigenvalue weighted by Crippen LogP contribution is -2.31. The van der Waals surface area contributed by atoms with Crippen molar-refractivity contribution in [2.24, 2.45) is 5.92 Å². The van der Waals surface area contributed by atoms with Crippen molar-refractivity contribution in [2.75, 3.05) is 0 Å². The van der Waals surface area contributed by atoms with Crippen LogP contribution in [-0.4, -0.2) is 6.04 Å². The molecule has 0 radical (unpaired) electrons. The zero-order valence-corrected chi connectivity index (χ0v) is 11.3. The Balaban J connectivity index is 2.76. The summed E-state index contributed by atoms with van der Waals surface area (Å²) < 4.78 is 50.8. The Morgan fingerprint density at radius 2 is 1.84 bits per heavy atom. The summed E-state index contributed by atoms with van der Waals surface area (Å²) >= 11 is 0. The molecule has 1 nitrogen and oxygen atoms in total. The topological polar surface area (TPSA) is 12.0 Å². The monoisotopic (exact) mass is 277 g/mol. The lowest BCUT2D eigenvalue weighted by atomic mass is 10.0. The minimum Gasteiger partial charge on any atom is -0.310 e. The molecule has 0 bridgehead atoms. The molecule has 108 valence electrons. The minimum absolute atomic E-state index is 0.199. The number of nitrogens with one attached hydrogen (secondary N) is 1. The molecule has 0 aromatic heterocycles. The SMILES string of the molecule is CCC(C)C(C)NCc1ccc(F)c(C(F)(F)F)c1. The van der Waals surface area contributed by atoms with Crippen LogP contribution in [0.1, 0.15) is 38.3 Å². The predicted octanol–water partition coefficient (Wildman–Crippen LogP) is 4.37. The van der Waals surface area contributed by atoms with Crippen molar-refractivity contribution in [1.82, 2.24) is 5.32 Å². The molecule has 0 aliphatic carbocycles. The van der Waals surface area contributed by atoms with Gasteiger partial charge in [0.1, 0.15) is 5.82 Å². The lowest BCUT2D eigenvalue weighted by Gasteiger charge is -2.20. The van der Waals surface area contributed by atoms with Crippen molar-refractivity contribution < 1.29 is 17.6 Å². The summed E-state index contributed by atoms with van der Waals surface area (Å²) in [6, 6.07) is 3.31. The first kappa shape index (κ1) is 16.0. The number of rotatable bonds is 5. The van der Waals surface area contributed by atoms with Crippen molar-refractivity contribution in [2.45, 2.75) is 46.0 Å². The second kappa shape index (κ2) is 6.37. The van der Waals surface area contributed by atoms with Gasteiger partial charge in [-0.15, -0.1) is 0 Å². The van der Waals surface area contributed by atoms with Gasteiger partial charge in [-0.2, -0.15) is 13.2 Å². The zero-order valence-electron chi connectivity index (χ0n) is 11.3. The summed E-state index contributed by atoms with van der Waals surface area (Å²) in [6.07, 6.45) is -3.66. The number of alkyl halides is 3. The summed E-state index contributed by atoms with van der Waals surface area (Å²) in [7, 11) is 0. The smallest absolute Gasteiger partial charge is 0.310 e. The van der Waals surface area contributed by atoms with Gasteiger partial charge in [-0.25, -0.2) is 4.39 Å². The van der Waals surface area contributed by atoms with E-state index >= 15 is 0 Å². The molecule has 0 saturated heterocycles. The van der Waals surface area contributed by atoms with Gasteiger partial charge in [0.25, 0.3) is 0 Å². The van der Waals surface area contributed by atoms with E-state index < -0.39 is 17.6 Å². The van der Waals surface area contributed by atoms with E-state index in [2.05, 4.69) is 19.2 Å². The molecule has 1 aromatic carbocycles. The van der Waals surface area contributed by atoms with E-state index in [1.807, 2.05) is 6.92 Å². The standard InChI is InChI=1S/C14H19F4N/c1-4-9(2)10(3)19-8-11-5-6-13(15)12(7-11)14(16,17)18/h5-7,9-10,19H,4,8H2,1-3H3. The van der Waals surface area contributed by atoms with Gasteiger partial charge >= 0.3 is 6.18 Å². The second-order valence-corrected chi connectivity index (χ2v) is 4.87. The third-order valence-electron chi connectivity index (χ3n) is 3.46. The van der Waals surface area contributed by atoms with E-state index in [0.29, 0.717) is 18.0 Å². The van der Waals surface area contributed by atoms with Crippen LogP contribution < -0.4 is 5.32 Å². The molecule has 0 heterocycles. The Kier molecular flexibility index (Phi) is 5.35. The Bertz CT molecular complexity index is 414. The molecule has 0 amide bonds. The summed E-state index contributed by atoms with van der Waals surface area (Å²) in [6.45, 7) is 6.42. The fraction of sp³-hybridized carbons (Fsp3) is 0.571. The molecule has 0 aliphatic heterocycles. The van der Waals surface area contributed by atoms with Gasteiger partial charge in [-0.3, -0.25) is 0 Å². The molecule has 0 spiro atoms. The van der Waals surface area contributed by atoms with Crippen LogP contribution in [-0.2, 0) is 12.7 Å². The van der Waals surface area contributed by atoms with Gasteiger partial charge in [-0.05, 0) is 30.5 Å². The van der Waals surface area contributed by atoms with Gasteiger partial charge in [0.05, 0.1) is 5.56 Å². The maximum absolute atomic E-state index is 13.1. The molecule has 1 N–H and O–H groups in total. The summed E-state index contributed by atoms with van der Waals surface area (Å²) in [4.78, 5) is 0. The van der Waals surface area contributed by atoms with Crippen LogP contribution in [0.2, 0.25) is 0 Å². The van der Waals surface area contributed by atoms with Crippen molar-refractivity contribution in [1.29, 1.82) is 0 Å². The fourth-order valence-electron chi connectivity index (χ4n) is 1.73. The average molecular weight is 277 g/mol. The zero-order chi connectivity index (χ0) is 14.6. The molecular weight excluding hydrogens is 258 g/mol. The van der Waals surface area contributed by atoms with Crippen LogP contribution in [0.3, 0.4) is 0 Å². The largest absolute Gasteiger partial charge is 0.419 e. The molecule has 0 aliphatic rings. The fourth-order valence-corrected chi connectivity index (χ4v) is 1.73. The van der Waals surface area contributed by atoms with Gasteiger partial charge in [0.2, 0.25) is 0 Å². The average Bonchev–Trinajstić information content (AvgIpc) is 2.35. The maximum Gasteiger partial charge on any atom is 0.419 e. The van der Waals surface area contributed by atoms with E-state index in [1.54, 1.807) is 0 Å². The van der Waals surface area contributed by atoms with Gasteiger partial charge < -0.3 is 5.32 Å². The Hall–Kier alpha value is -1.10. The van der Waals surface area contributed by atoms with Gasteiger partial charge in [0.15, 0.2) is 0 Å². The van der Waals surface area contributed by atoms with Crippen LogP contribution in [0.5, 0.6) is 0 Å². The van der Waals surface area contributed by atoms with E-state index in [0.717, 1.165) is 18.6 Å². The quantitative estimate of drug-likeness (QED) is 0.788. The molecule has 1 aromatic rings. The molecule has 5 heteroatoms. The van der Waals surface area contributed by atoms with Crippen LogP contribution in [0.15, 0.2) is 18.2 Å². The summed E-state index contributed by atoms with van der Waals surface area (Å²) in [5, 5.41) is 3.16. The van der Waals surface area contributed by atoms with E-state index in [9.17, 15) is 17.6 Å². The molecule has 1 rings (SSSR count). The van der Waals surface area contributed by atoms with Crippen molar-refractivity contribution >= 4 is 0 Å². The van der Waals surface area contributed by atoms with E-state index in [-0.39, 0.29) is 6.04 Å². The highest BCUT2D eigenvalue weighted by Gasteiger charge is 2.34. The maximum atomic E-state index is 13.1. The first-order valence-electron chi connectivity index (χ1n) is 6.34. The first-order chi connectivity index (χ1) is 8.75. The Morgan fingerprint density at radius 3 is 2.37 bits per heavy atom. The predicted molar refractivity (Wildman–Crippen MR) is 67.2 cm³/mol. The molecule has 0 fully saturated rings. The molecule has 2 unspecified atom stereocenters. The number of benzene rings is 1. The lowest BCUT2D eigenvalue weighted by molar-refractivity contribution is -0.140.